The average Bonchev–Trinajstić information content (AvgIpc) is 3.04. The van der Waals surface area contributed by atoms with Crippen LogP contribution >= 0.6 is 11.6 Å². The van der Waals surface area contributed by atoms with E-state index in [-0.39, 0.29) is 22.4 Å². The summed E-state index contributed by atoms with van der Waals surface area (Å²) >= 11 is 5.99. The summed E-state index contributed by atoms with van der Waals surface area (Å²) in [7, 11) is -3.78. The van der Waals surface area contributed by atoms with Crippen molar-refractivity contribution in [2.24, 2.45) is 0 Å². The number of benzene rings is 2. The molecular formula is C18H18ClFN4O2S. The van der Waals surface area contributed by atoms with E-state index in [1.54, 1.807) is 30.3 Å². The summed E-state index contributed by atoms with van der Waals surface area (Å²) in [5.74, 6) is -0.480. The van der Waals surface area contributed by atoms with E-state index in [9.17, 15) is 12.8 Å². The van der Waals surface area contributed by atoms with E-state index in [1.165, 1.54) is 23.1 Å². The molecule has 6 nitrogen and oxygen atoms in total. The van der Waals surface area contributed by atoms with Gasteiger partial charge < -0.3 is 0 Å². The molecule has 9 heteroatoms. The lowest BCUT2D eigenvalue weighted by atomic mass is 10.1. The van der Waals surface area contributed by atoms with E-state index >= 15 is 0 Å². The van der Waals surface area contributed by atoms with Gasteiger partial charge in [0.1, 0.15) is 12.1 Å². The number of hydrogen-bond donors (Lipinski definition) is 1. The van der Waals surface area contributed by atoms with Crippen molar-refractivity contribution < 1.29 is 12.8 Å². The number of sulfonamides is 1. The molecule has 0 spiro atoms. The molecule has 0 aliphatic heterocycles. The number of anilines is 1. The highest BCUT2D eigenvalue weighted by atomic mass is 35.5. The van der Waals surface area contributed by atoms with Gasteiger partial charge in [-0.05, 0) is 41.8 Å². The van der Waals surface area contributed by atoms with Gasteiger partial charge in [-0.15, -0.1) is 5.10 Å². The quantitative estimate of drug-likeness (QED) is 0.643. The predicted molar refractivity (Wildman–Crippen MR) is 102 cm³/mol. The van der Waals surface area contributed by atoms with Crippen molar-refractivity contribution >= 4 is 27.6 Å². The van der Waals surface area contributed by atoms with E-state index in [2.05, 4.69) is 21.7 Å². The minimum absolute atomic E-state index is 0.0501. The zero-order chi connectivity index (χ0) is 19.4. The first-order valence-electron chi connectivity index (χ1n) is 8.32. The minimum atomic E-state index is -3.78. The maximum atomic E-state index is 13.1. The van der Waals surface area contributed by atoms with E-state index in [0.717, 1.165) is 18.4 Å². The summed E-state index contributed by atoms with van der Waals surface area (Å²) < 4.78 is 41.8. The second kappa shape index (κ2) is 8.06. The fourth-order valence-electron chi connectivity index (χ4n) is 2.55. The molecule has 1 N–H and O–H groups in total. The third-order valence-electron chi connectivity index (χ3n) is 3.88. The van der Waals surface area contributed by atoms with Crippen LogP contribution in [-0.4, -0.2) is 23.2 Å². The Balaban J connectivity index is 1.72. The highest BCUT2D eigenvalue weighted by Crippen LogP contribution is 2.19. The van der Waals surface area contributed by atoms with Crippen LogP contribution in [0.5, 0.6) is 0 Å². The molecule has 3 rings (SSSR count). The van der Waals surface area contributed by atoms with Gasteiger partial charge in [-0.25, -0.2) is 22.2 Å². The molecule has 142 valence electrons. The van der Waals surface area contributed by atoms with Gasteiger partial charge in [0.25, 0.3) is 16.0 Å². The zero-order valence-electron chi connectivity index (χ0n) is 14.6. The molecule has 0 radical (unpaired) electrons. The number of nitrogens with zero attached hydrogens (tertiary/aromatic N) is 3. The Morgan fingerprint density at radius 1 is 1.19 bits per heavy atom. The van der Waals surface area contributed by atoms with Gasteiger partial charge in [-0.3, -0.25) is 0 Å². The molecule has 0 aliphatic carbocycles. The molecule has 0 unspecified atom stereocenters. The molecule has 1 aromatic heterocycles. The summed E-state index contributed by atoms with van der Waals surface area (Å²) in [6.45, 7) is 2.30. The fraction of sp³-hybridized carbons (Fsp3) is 0.222. The van der Waals surface area contributed by atoms with Gasteiger partial charge in [0, 0.05) is 5.02 Å². The Kier molecular flexibility index (Phi) is 5.76. The van der Waals surface area contributed by atoms with Crippen LogP contribution in [0.25, 0.3) is 0 Å². The van der Waals surface area contributed by atoms with Crippen LogP contribution in [0.1, 0.15) is 24.5 Å². The summed E-state index contributed by atoms with van der Waals surface area (Å²) in [6.07, 6.45) is 3.26. The maximum absolute atomic E-state index is 13.1. The van der Waals surface area contributed by atoms with Crippen molar-refractivity contribution in [3.05, 3.63) is 70.8 Å². The summed E-state index contributed by atoms with van der Waals surface area (Å²) in [5.41, 5.74) is 1.72. The second-order valence-corrected chi connectivity index (χ2v) is 8.09. The number of rotatable bonds is 7. The van der Waals surface area contributed by atoms with Crippen LogP contribution in [0, 0.1) is 5.82 Å². The lowest BCUT2D eigenvalue weighted by molar-refractivity contribution is 0.600. The first-order chi connectivity index (χ1) is 12.9. The van der Waals surface area contributed by atoms with Crippen molar-refractivity contribution in [3.63, 3.8) is 0 Å². The standard InChI is InChI=1S/C18H18ClFN4O2S/c1-2-3-13-4-8-16(9-5-13)27(25,26)23-18-21-12-24(22-18)11-14-6-7-15(20)10-17(14)19/h4-10,12H,2-3,11H2,1H3,(H,22,23). The Morgan fingerprint density at radius 2 is 1.93 bits per heavy atom. The SMILES string of the molecule is CCCc1ccc(S(=O)(=O)Nc2ncn(Cc3ccc(F)cc3Cl)n2)cc1. The van der Waals surface area contributed by atoms with Crippen LogP contribution in [0.15, 0.2) is 53.7 Å². The number of nitrogens with one attached hydrogen (secondary N) is 1. The molecule has 1 heterocycles. The Labute approximate surface area is 162 Å². The molecular weight excluding hydrogens is 391 g/mol. The molecule has 0 bridgehead atoms. The third-order valence-corrected chi connectivity index (χ3v) is 5.58. The largest absolute Gasteiger partial charge is 0.264 e. The van der Waals surface area contributed by atoms with Crippen LogP contribution < -0.4 is 4.72 Å². The lowest BCUT2D eigenvalue weighted by Crippen LogP contribution is -2.14. The highest BCUT2D eigenvalue weighted by Gasteiger charge is 2.16. The van der Waals surface area contributed by atoms with Gasteiger partial charge in [-0.1, -0.05) is 43.1 Å². The topological polar surface area (TPSA) is 76.9 Å². The van der Waals surface area contributed by atoms with Crippen molar-refractivity contribution in [2.45, 2.75) is 31.2 Å². The van der Waals surface area contributed by atoms with Gasteiger partial charge in [-0.2, -0.15) is 4.98 Å². The fourth-order valence-corrected chi connectivity index (χ4v) is 3.72. The number of hydrogen-bond acceptors (Lipinski definition) is 4. The maximum Gasteiger partial charge on any atom is 0.264 e. The minimum Gasteiger partial charge on any atom is -0.246 e. The Hall–Kier alpha value is -2.45. The van der Waals surface area contributed by atoms with Gasteiger partial charge in [0.15, 0.2) is 0 Å². The monoisotopic (exact) mass is 408 g/mol. The first kappa shape index (κ1) is 19.3. The molecule has 0 atom stereocenters. The molecule has 0 saturated carbocycles. The Morgan fingerprint density at radius 3 is 2.59 bits per heavy atom. The number of halogens is 2. The van der Waals surface area contributed by atoms with Gasteiger partial charge in [0.05, 0.1) is 11.4 Å². The van der Waals surface area contributed by atoms with Crippen LogP contribution in [0.2, 0.25) is 5.02 Å². The molecule has 27 heavy (non-hydrogen) atoms. The summed E-state index contributed by atoms with van der Waals surface area (Å²) in [6, 6.07) is 10.7. The number of aromatic nitrogens is 3. The van der Waals surface area contributed by atoms with Crippen molar-refractivity contribution in [2.75, 3.05) is 4.72 Å². The molecule has 2 aromatic carbocycles. The zero-order valence-corrected chi connectivity index (χ0v) is 16.1. The molecule has 0 aliphatic rings. The van der Waals surface area contributed by atoms with Crippen molar-refractivity contribution in [3.8, 4) is 0 Å². The normalized spacial score (nSPS) is 11.5. The lowest BCUT2D eigenvalue weighted by Gasteiger charge is -2.06. The second-order valence-electron chi connectivity index (χ2n) is 6.00. The average molecular weight is 409 g/mol. The van der Waals surface area contributed by atoms with E-state index < -0.39 is 15.8 Å². The molecule has 0 saturated heterocycles. The van der Waals surface area contributed by atoms with Crippen LogP contribution in [0.3, 0.4) is 0 Å². The summed E-state index contributed by atoms with van der Waals surface area (Å²) in [5, 5.41) is 4.35. The van der Waals surface area contributed by atoms with Crippen molar-refractivity contribution in [1.29, 1.82) is 0 Å². The predicted octanol–water partition coefficient (Wildman–Crippen LogP) is 3.87. The van der Waals surface area contributed by atoms with Crippen LogP contribution in [0.4, 0.5) is 10.3 Å². The summed E-state index contributed by atoms with van der Waals surface area (Å²) in [4.78, 5) is 4.10. The third kappa shape index (κ3) is 4.84. The van der Waals surface area contributed by atoms with E-state index in [0.29, 0.717) is 5.56 Å². The van der Waals surface area contributed by atoms with E-state index in [4.69, 9.17) is 11.6 Å². The number of aryl methyl sites for hydroxylation is 1. The first-order valence-corrected chi connectivity index (χ1v) is 10.2. The van der Waals surface area contributed by atoms with Crippen molar-refractivity contribution in [1.82, 2.24) is 14.8 Å². The van der Waals surface area contributed by atoms with Gasteiger partial charge >= 0.3 is 0 Å². The molecule has 0 amide bonds. The van der Waals surface area contributed by atoms with Crippen LogP contribution in [-0.2, 0) is 23.0 Å². The molecule has 0 fully saturated rings. The molecule has 3 aromatic rings. The highest BCUT2D eigenvalue weighted by molar-refractivity contribution is 7.92. The van der Waals surface area contributed by atoms with Gasteiger partial charge in [0.2, 0.25) is 0 Å². The Bertz CT molecular complexity index is 1040. The van der Waals surface area contributed by atoms with E-state index in [1.807, 2.05) is 0 Å². The smallest absolute Gasteiger partial charge is 0.246 e.